The summed E-state index contributed by atoms with van der Waals surface area (Å²) < 4.78 is 0. The first-order chi connectivity index (χ1) is 9.36. The summed E-state index contributed by atoms with van der Waals surface area (Å²) in [5, 5.41) is 8.85. The standard InChI is InChI=1S/C18H20O2/c1-18(2,3)16-9-7-14(8-10-16)15-6-4-5-13(11-15)12-17(19)20/h4-11H,12H2,1-3H3,(H,19,20). The van der Waals surface area contributed by atoms with Gasteiger partial charge in [-0.2, -0.15) is 0 Å². The molecule has 0 radical (unpaired) electrons. The first-order valence-electron chi connectivity index (χ1n) is 6.78. The zero-order chi connectivity index (χ0) is 14.8. The van der Waals surface area contributed by atoms with E-state index < -0.39 is 5.97 Å². The molecule has 0 heterocycles. The monoisotopic (exact) mass is 268 g/mol. The second-order valence-electron chi connectivity index (χ2n) is 6.10. The summed E-state index contributed by atoms with van der Waals surface area (Å²) >= 11 is 0. The lowest BCUT2D eigenvalue weighted by molar-refractivity contribution is -0.136. The molecule has 104 valence electrons. The predicted octanol–water partition coefficient (Wildman–Crippen LogP) is 4.28. The summed E-state index contributed by atoms with van der Waals surface area (Å²) in [6.07, 6.45) is 0.0634. The van der Waals surface area contributed by atoms with Gasteiger partial charge in [-0.25, -0.2) is 0 Å². The molecule has 0 aromatic heterocycles. The number of aliphatic carboxylic acids is 1. The maximum absolute atomic E-state index is 10.8. The summed E-state index contributed by atoms with van der Waals surface area (Å²) in [5.74, 6) is -0.801. The zero-order valence-electron chi connectivity index (χ0n) is 12.2. The van der Waals surface area contributed by atoms with Crippen LogP contribution in [-0.2, 0) is 16.6 Å². The Labute approximate surface area is 120 Å². The van der Waals surface area contributed by atoms with Crippen LogP contribution < -0.4 is 0 Å². The first-order valence-corrected chi connectivity index (χ1v) is 6.78. The minimum atomic E-state index is -0.801. The third-order valence-electron chi connectivity index (χ3n) is 3.37. The van der Waals surface area contributed by atoms with Crippen molar-refractivity contribution in [1.82, 2.24) is 0 Å². The molecule has 2 aromatic carbocycles. The number of carboxylic acid groups (broad SMARTS) is 1. The molecule has 0 bridgehead atoms. The van der Waals surface area contributed by atoms with Crippen LogP contribution in [-0.4, -0.2) is 11.1 Å². The van der Waals surface area contributed by atoms with Crippen molar-refractivity contribution in [2.24, 2.45) is 0 Å². The highest BCUT2D eigenvalue weighted by molar-refractivity contribution is 5.72. The average Bonchev–Trinajstić information content (AvgIpc) is 2.37. The van der Waals surface area contributed by atoms with Gasteiger partial charge in [-0.1, -0.05) is 69.3 Å². The molecule has 1 N–H and O–H groups in total. The van der Waals surface area contributed by atoms with Crippen molar-refractivity contribution in [3.8, 4) is 11.1 Å². The number of benzene rings is 2. The Bertz CT molecular complexity index is 604. The van der Waals surface area contributed by atoms with E-state index in [0.717, 1.165) is 16.7 Å². The van der Waals surface area contributed by atoms with Crippen LogP contribution in [0.2, 0.25) is 0 Å². The van der Waals surface area contributed by atoms with Crippen LogP contribution in [0.1, 0.15) is 31.9 Å². The van der Waals surface area contributed by atoms with E-state index in [1.54, 1.807) is 0 Å². The second kappa shape index (κ2) is 5.49. The Morgan fingerprint density at radius 2 is 1.65 bits per heavy atom. The molecule has 2 aromatic rings. The highest BCUT2D eigenvalue weighted by Gasteiger charge is 2.13. The second-order valence-corrected chi connectivity index (χ2v) is 6.10. The largest absolute Gasteiger partial charge is 0.481 e. The molecule has 0 aliphatic carbocycles. The summed E-state index contributed by atoms with van der Waals surface area (Å²) in [6, 6.07) is 16.2. The average molecular weight is 268 g/mol. The van der Waals surface area contributed by atoms with E-state index in [0.29, 0.717) is 0 Å². The van der Waals surface area contributed by atoms with Crippen LogP contribution in [0.3, 0.4) is 0 Å². The van der Waals surface area contributed by atoms with Crippen LogP contribution in [0.15, 0.2) is 48.5 Å². The summed E-state index contributed by atoms with van der Waals surface area (Å²) in [7, 11) is 0. The molecule has 0 unspecified atom stereocenters. The van der Waals surface area contributed by atoms with Crippen molar-refractivity contribution in [3.63, 3.8) is 0 Å². The lowest BCUT2D eigenvalue weighted by Gasteiger charge is -2.19. The van der Waals surface area contributed by atoms with Crippen molar-refractivity contribution < 1.29 is 9.90 Å². The van der Waals surface area contributed by atoms with Gasteiger partial charge < -0.3 is 5.11 Å². The fourth-order valence-corrected chi connectivity index (χ4v) is 2.20. The van der Waals surface area contributed by atoms with Gasteiger partial charge in [0.2, 0.25) is 0 Å². The number of carboxylic acids is 1. The van der Waals surface area contributed by atoms with Crippen molar-refractivity contribution in [3.05, 3.63) is 59.7 Å². The Balaban J connectivity index is 2.30. The van der Waals surface area contributed by atoms with Gasteiger partial charge in [-0.3, -0.25) is 4.79 Å². The molecule has 0 fully saturated rings. The molecule has 2 rings (SSSR count). The van der Waals surface area contributed by atoms with Crippen LogP contribution in [0.4, 0.5) is 0 Å². The van der Waals surface area contributed by atoms with E-state index in [-0.39, 0.29) is 11.8 Å². The van der Waals surface area contributed by atoms with Gasteiger partial charge in [-0.05, 0) is 27.7 Å². The van der Waals surface area contributed by atoms with E-state index in [1.165, 1.54) is 5.56 Å². The van der Waals surface area contributed by atoms with Crippen molar-refractivity contribution in [1.29, 1.82) is 0 Å². The Hall–Kier alpha value is -2.09. The molecule has 0 saturated heterocycles. The predicted molar refractivity (Wildman–Crippen MR) is 81.9 cm³/mol. The number of hydrogen-bond acceptors (Lipinski definition) is 1. The van der Waals surface area contributed by atoms with Gasteiger partial charge in [0.25, 0.3) is 0 Å². The molecule has 20 heavy (non-hydrogen) atoms. The van der Waals surface area contributed by atoms with Crippen LogP contribution in [0.25, 0.3) is 11.1 Å². The molecule has 2 heteroatoms. The number of rotatable bonds is 3. The molecule has 2 nitrogen and oxygen atoms in total. The maximum Gasteiger partial charge on any atom is 0.307 e. The van der Waals surface area contributed by atoms with Gasteiger partial charge in [0.05, 0.1) is 6.42 Å². The summed E-state index contributed by atoms with van der Waals surface area (Å²) in [6.45, 7) is 6.57. The van der Waals surface area contributed by atoms with Gasteiger partial charge in [0, 0.05) is 0 Å². The minimum absolute atomic E-state index is 0.0634. The number of carbonyl (C=O) groups is 1. The molecule has 0 amide bonds. The highest BCUT2D eigenvalue weighted by Crippen LogP contribution is 2.26. The van der Waals surface area contributed by atoms with Crippen molar-refractivity contribution >= 4 is 5.97 Å². The van der Waals surface area contributed by atoms with Gasteiger partial charge in [-0.15, -0.1) is 0 Å². The molecular formula is C18H20O2. The topological polar surface area (TPSA) is 37.3 Å². The minimum Gasteiger partial charge on any atom is -0.481 e. The van der Waals surface area contributed by atoms with Crippen LogP contribution >= 0.6 is 0 Å². The Morgan fingerprint density at radius 1 is 1.00 bits per heavy atom. The smallest absolute Gasteiger partial charge is 0.307 e. The van der Waals surface area contributed by atoms with E-state index in [2.05, 4.69) is 45.0 Å². The lowest BCUT2D eigenvalue weighted by Crippen LogP contribution is -2.10. The summed E-state index contributed by atoms with van der Waals surface area (Å²) in [4.78, 5) is 10.8. The number of hydrogen-bond donors (Lipinski definition) is 1. The molecular weight excluding hydrogens is 248 g/mol. The third kappa shape index (κ3) is 3.47. The SMILES string of the molecule is CC(C)(C)c1ccc(-c2cccc(CC(=O)O)c2)cc1. The normalized spacial score (nSPS) is 11.3. The molecule has 0 atom stereocenters. The fraction of sp³-hybridized carbons (Fsp3) is 0.278. The van der Waals surface area contributed by atoms with E-state index in [4.69, 9.17) is 5.11 Å². The van der Waals surface area contributed by atoms with Crippen LogP contribution in [0.5, 0.6) is 0 Å². The van der Waals surface area contributed by atoms with E-state index in [1.807, 2.05) is 24.3 Å². The molecule has 0 aliphatic heterocycles. The Kier molecular flexibility index (Phi) is 3.93. The van der Waals surface area contributed by atoms with Gasteiger partial charge >= 0.3 is 5.97 Å². The fourth-order valence-electron chi connectivity index (χ4n) is 2.20. The molecule has 0 saturated carbocycles. The third-order valence-corrected chi connectivity index (χ3v) is 3.37. The van der Waals surface area contributed by atoms with E-state index >= 15 is 0 Å². The van der Waals surface area contributed by atoms with E-state index in [9.17, 15) is 4.79 Å². The summed E-state index contributed by atoms with van der Waals surface area (Å²) in [5.41, 5.74) is 4.44. The highest BCUT2D eigenvalue weighted by atomic mass is 16.4. The van der Waals surface area contributed by atoms with Crippen molar-refractivity contribution in [2.75, 3.05) is 0 Å². The molecule has 0 aliphatic rings. The quantitative estimate of drug-likeness (QED) is 0.902. The maximum atomic E-state index is 10.8. The van der Waals surface area contributed by atoms with Gasteiger partial charge in [0.15, 0.2) is 0 Å². The van der Waals surface area contributed by atoms with Gasteiger partial charge in [0.1, 0.15) is 0 Å². The lowest BCUT2D eigenvalue weighted by atomic mass is 9.86. The van der Waals surface area contributed by atoms with Crippen molar-refractivity contribution in [2.45, 2.75) is 32.6 Å². The molecule has 0 spiro atoms. The Morgan fingerprint density at radius 3 is 2.20 bits per heavy atom. The first kappa shape index (κ1) is 14.3. The van der Waals surface area contributed by atoms with Crippen LogP contribution in [0, 0.1) is 0 Å². The zero-order valence-corrected chi connectivity index (χ0v) is 12.2.